The van der Waals surface area contributed by atoms with Crippen LogP contribution in [0, 0.1) is 19.7 Å². The average Bonchev–Trinajstić information content (AvgIpc) is 3.09. The Bertz CT molecular complexity index is 973. The van der Waals surface area contributed by atoms with Crippen LogP contribution in [0.25, 0.3) is 0 Å². The molecule has 2 aliphatic rings. The Balaban J connectivity index is 1.23. The maximum Gasteiger partial charge on any atom is 0.325 e. The lowest BCUT2D eigenvalue weighted by atomic mass is 9.93. The van der Waals surface area contributed by atoms with E-state index in [-0.39, 0.29) is 36.3 Å². The number of carbonyl (C=O) groups is 2. The summed E-state index contributed by atoms with van der Waals surface area (Å²) in [4.78, 5) is 36.6. The normalized spacial score (nSPS) is 21.0. The van der Waals surface area contributed by atoms with Crippen molar-refractivity contribution in [3.63, 3.8) is 0 Å². The van der Waals surface area contributed by atoms with E-state index in [1.165, 1.54) is 15.9 Å². The second-order valence-electron chi connectivity index (χ2n) is 8.40. The predicted octanol–water partition coefficient (Wildman–Crippen LogP) is 2.98. The standard InChI is InChI=1S/C23H28FN5O3/c1-15-13-16(2)26-22(25-15)32-18-9-7-17(8-10-18)27-21(30)14-28-11-12-29(23(28)31)20-6-4-3-5-19(20)24/h3-6,13,17-18H,7-12,14H2,1-2H3,(H,27,30). The number of halogens is 1. The SMILES string of the molecule is Cc1cc(C)nc(OC2CCC(NC(=O)CN3CCN(c4ccccc4F)C3=O)CC2)n1. The molecule has 0 atom stereocenters. The Morgan fingerprint density at radius 2 is 1.81 bits per heavy atom. The quantitative estimate of drug-likeness (QED) is 0.745. The zero-order valence-electron chi connectivity index (χ0n) is 18.4. The summed E-state index contributed by atoms with van der Waals surface area (Å²) in [6.45, 7) is 4.53. The minimum Gasteiger partial charge on any atom is -0.460 e. The number of urea groups is 1. The molecule has 1 aromatic carbocycles. The summed E-state index contributed by atoms with van der Waals surface area (Å²) in [5.74, 6) is -0.645. The van der Waals surface area contributed by atoms with Crippen molar-refractivity contribution in [1.82, 2.24) is 20.2 Å². The largest absolute Gasteiger partial charge is 0.460 e. The minimum absolute atomic E-state index is 0.0267. The molecule has 0 spiro atoms. The van der Waals surface area contributed by atoms with Crippen molar-refractivity contribution < 1.29 is 18.7 Å². The van der Waals surface area contributed by atoms with Crippen LogP contribution in [0.15, 0.2) is 30.3 Å². The Morgan fingerprint density at radius 1 is 1.12 bits per heavy atom. The van der Waals surface area contributed by atoms with Crippen LogP contribution in [0.3, 0.4) is 0 Å². The van der Waals surface area contributed by atoms with Gasteiger partial charge in [-0.25, -0.2) is 19.2 Å². The van der Waals surface area contributed by atoms with Crippen LogP contribution in [0.1, 0.15) is 37.1 Å². The number of rotatable bonds is 6. The summed E-state index contributed by atoms with van der Waals surface area (Å²) < 4.78 is 19.9. The number of aromatic nitrogens is 2. The monoisotopic (exact) mass is 441 g/mol. The van der Waals surface area contributed by atoms with Gasteiger partial charge in [-0.05, 0) is 57.7 Å². The molecule has 1 aliphatic carbocycles. The third kappa shape index (κ3) is 5.15. The first-order valence-corrected chi connectivity index (χ1v) is 11.0. The van der Waals surface area contributed by atoms with Gasteiger partial charge in [0.2, 0.25) is 5.91 Å². The van der Waals surface area contributed by atoms with Crippen molar-refractivity contribution in [3.8, 4) is 6.01 Å². The highest BCUT2D eigenvalue weighted by molar-refractivity contribution is 5.96. The molecule has 8 nitrogen and oxygen atoms in total. The highest BCUT2D eigenvalue weighted by atomic mass is 19.1. The van der Waals surface area contributed by atoms with Gasteiger partial charge in [0, 0.05) is 30.5 Å². The summed E-state index contributed by atoms with van der Waals surface area (Å²) in [5, 5.41) is 3.02. The summed E-state index contributed by atoms with van der Waals surface area (Å²) in [6, 6.07) is 8.16. The van der Waals surface area contributed by atoms with Gasteiger partial charge >= 0.3 is 12.0 Å². The molecular weight excluding hydrogens is 413 g/mol. The van der Waals surface area contributed by atoms with Gasteiger partial charge in [-0.3, -0.25) is 9.69 Å². The number of hydrogen-bond acceptors (Lipinski definition) is 5. The maximum absolute atomic E-state index is 14.0. The number of aryl methyl sites for hydroxylation is 2. The number of nitrogens with one attached hydrogen (secondary N) is 1. The fraction of sp³-hybridized carbons (Fsp3) is 0.478. The van der Waals surface area contributed by atoms with Gasteiger partial charge in [-0.15, -0.1) is 0 Å². The van der Waals surface area contributed by atoms with Crippen molar-refractivity contribution in [2.75, 3.05) is 24.5 Å². The molecule has 2 aromatic rings. The lowest BCUT2D eigenvalue weighted by Gasteiger charge is -2.29. The second-order valence-corrected chi connectivity index (χ2v) is 8.40. The summed E-state index contributed by atoms with van der Waals surface area (Å²) >= 11 is 0. The molecular formula is C23H28FN5O3. The van der Waals surface area contributed by atoms with Crippen molar-refractivity contribution in [1.29, 1.82) is 0 Å². The van der Waals surface area contributed by atoms with Gasteiger partial charge in [0.05, 0.1) is 5.69 Å². The van der Waals surface area contributed by atoms with Crippen LogP contribution in [0.2, 0.25) is 0 Å². The Kier molecular flexibility index (Phi) is 6.53. The van der Waals surface area contributed by atoms with E-state index in [1.807, 2.05) is 19.9 Å². The number of amides is 3. The van der Waals surface area contributed by atoms with E-state index >= 15 is 0 Å². The molecule has 1 aromatic heterocycles. The molecule has 2 fully saturated rings. The van der Waals surface area contributed by atoms with E-state index < -0.39 is 5.82 Å². The third-order valence-electron chi connectivity index (χ3n) is 5.85. The molecule has 170 valence electrons. The fourth-order valence-corrected chi connectivity index (χ4v) is 4.29. The number of anilines is 1. The van der Waals surface area contributed by atoms with Crippen molar-refractivity contribution in [2.45, 2.75) is 51.7 Å². The summed E-state index contributed by atoms with van der Waals surface area (Å²) in [7, 11) is 0. The van der Waals surface area contributed by atoms with Crippen LogP contribution in [0.5, 0.6) is 6.01 Å². The smallest absolute Gasteiger partial charge is 0.325 e. The minimum atomic E-state index is -0.447. The van der Waals surface area contributed by atoms with Gasteiger partial charge in [0.15, 0.2) is 0 Å². The zero-order valence-corrected chi connectivity index (χ0v) is 18.4. The number of benzene rings is 1. The number of nitrogens with zero attached hydrogens (tertiary/aromatic N) is 4. The van der Waals surface area contributed by atoms with Gasteiger partial charge in [0.25, 0.3) is 0 Å². The maximum atomic E-state index is 14.0. The molecule has 1 N–H and O–H groups in total. The molecule has 4 rings (SSSR count). The Morgan fingerprint density at radius 3 is 2.50 bits per heavy atom. The zero-order chi connectivity index (χ0) is 22.7. The molecule has 0 bridgehead atoms. The highest BCUT2D eigenvalue weighted by Crippen LogP contribution is 2.24. The molecule has 1 saturated carbocycles. The molecule has 1 aliphatic heterocycles. The molecule has 32 heavy (non-hydrogen) atoms. The summed E-state index contributed by atoms with van der Waals surface area (Å²) in [5.41, 5.74) is 1.99. The van der Waals surface area contributed by atoms with Crippen LogP contribution in [-0.4, -0.2) is 58.6 Å². The van der Waals surface area contributed by atoms with Crippen molar-refractivity contribution in [3.05, 3.63) is 47.5 Å². The van der Waals surface area contributed by atoms with Crippen LogP contribution in [0.4, 0.5) is 14.9 Å². The lowest BCUT2D eigenvalue weighted by molar-refractivity contribution is -0.122. The first-order valence-electron chi connectivity index (χ1n) is 11.0. The third-order valence-corrected chi connectivity index (χ3v) is 5.85. The van der Waals surface area contributed by atoms with Gasteiger partial charge in [-0.2, -0.15) is 0 Å². The summed E-state index contributed by atoms with van der Waals surface area (Å²) in [6.07, 6.45) is 3.20. The van der Waals surface area contributed by atoms with Gasteiger partial charge in [-0.1, -0.05) is 12.1 Å². The first kappa shape index (κ1) is 22.0. The fourth-order valence-electron chi connectivity index (χ4n) is 4.29. The highest BCUT2D eigenvalue weighted by Gasteiger charge is 2.33. The molecule has 0 unspecified atom stereocenters. The van der Waals surface area contributed by atoms with E-state index in [0.717, 1.165) is 37.1 Å². The molecule has 1 saturated heterocycles. The first-order chi connectivity index (χ1) is 15.4. The topological polar surface area (TPSA) is 87.7 Å². The van der Waals surface area contributed by atoms with Crippen LogP contribution >= 0.6 is 0 Å². The van der Waals surface area contributed by atoms with Crippen molar-refractivity contribution >= 4 is 17.6 Å². The second kappa shape index (κ2) is 9.50. The van der Waals surface area contributed by atoms with E-state index in [0.29, 0.717) is 19.1 Å². The average molecular weight is 442 g/mol. The van der Waals surface area contributed by atoms with E-state index in [9.17, 15) is 14.0 Å². The van der Waals surface area contributed by atoms with E-state index in [1.54, 1.807) is 18.2 Å². The van der Waals surface area contributed by atoms with Crippen LogP contribution in [-0.2, 0) is 4.79 Å². The van der Waals surface area contributed by atoms with Crippen molar-refractivity contribution in [2.24, 2.45) is 0 Å². The predicted molar refractivity (Wildman–Crippen MR) is 117 cm³/mol. The molecule has 9 heteroatoms. The Hall–Kier alpha value is -3.23. The molecule has 3 amide bonds. The van der Waals surface area contributed by atoms with Gasteiger partial charge in [0.1, 0.15) is 18.5 Å². The van der Waals surface area contributed by atoms with Gasteiger partial charge < -0.3 is 15.0 Å². The lowest BCUT2D eigenvalue weighted by Crippen LogP contribution is -2.45. The Labute approximate surface area is 186 Å². The van der Waals surface area contributed by atoms with E-state index in [4.69, 9.17) is 4.74 Å². The number of ether oxygens (including phenoxy) is 1. The number of carbonyl (C=O) groups excluding carboxylic acids is 2. The number of hydrogen-bond donors (Lipinski definition) is 1. The molecule has 0 radical (unpaired) electrons. The molecule has 2 heterocycles. The van der Waals surface area contributed by atoms with Crippen LogP contribution < -0.4 is 15.0 Å². The number of para-hydroxylation sites is 1. The van der Waals surface area contributed by atoms with E-state index in [2.05, 4.69) is 15.3 Å².